The number of nitrogens with one attached hydrogen (secondary N) is 1. The first kappa shape index (κ1) is 21.6. The topological polar surface area (TPSA) is 57.8 Å². The van der Waals surface area contributed by atoms with Gasteiger partial charge in [0.15, 0.2) is 0 Å². The van der Waals surface area contributed by atoms with Crippen LogP contribution in [0.3, 0.4) is 0 Å². The van der Waals surface area contributed by atoms with Crippen molar-refractivity contribution in [2.45, 2.75) is 44.8 Å². The molecule has 6 nitrogen and oxygen atoms in total. The van der Waals surface area contributed by atoms with Gasteiger partial charge < -0.3 is 24.3 Å². The second-order valence-corrected chi connectivity index (χ2v) is 8.07. The number of alkyl halides is 2. The Kier molecular flexibility index (Phi) is 7.06. The summed E-state index contributed by atoms with van der Waals surface area (Å²) in [6, 6.07) is 10.7. The Morgan fingerprint density at radius 1 is 1.10 bits per heavy atom. The van der Waals surface area contributed by atoms with Crippen LogP contribution in [0.1, 0.15) is 31.2 Å². The van der Waals surface area contributed by atoms with Crippen LogP contribution in [0, 0.1) is 0 Å². The summed E-state index contributed by atoms with van der Waals surface area (Å²) in [6.45, 7) is 0.762. The lowest BCUT2D eigenvalue weighted by molar-refractivity contribution is -0.0504. The Bertz CT molecular complexity index is 915. The molecule has 0 amide bonds. The number of nitrogens with zero attached hydrogens (tertiary/aromatic N) is 2. The third-order valence-electron chi connectivity index (χ3n) is 6.02. The van der Waals surface area contributed by atoms with E-state index in [-0.39, 0.29) is 17.4 Å². The van der Waals surface area contributed by atoms with Crippen LogP contribution < -0.4 is 20.1 Å². The zero-order valence-corrected chi connectivity index (χ0v) is 17.6. The molecule has 4 rings (SSSR count). The number of ether oxygens (including phenoxy) is 2. The molecule has 2 aliphatic heterocycles. The maximum absolute atomic E-state index is 12.9. The Balaban J connectivity index is 1.62. The van der Waals surface area contributed by atoms with Gasteiger partial charge in [0.25, 0.3) is 5.56 Å². The quantitative estimate of drug-likeness (QED) is 0.751. The predicted molar refractivity (Wildman–Crippen MR) is 116 cm³/mol. The molecule has 8 heteroatoms. The number of H-pyrrole nitrogens is 1. The first-order chi connectivity index (χ1) is 15.1. The molecule has 0 aliphatic carbocycles. The fourth-order valence-corrected chi connectivity index (χ4v) is 4.52. The van der Waals surface area contributed by atoms with Gasteiger partial charge >= 0.3 is 6.61 Å². The van der Waals surface area contributed by atoms with Gasteiger partial charge in [-0.1, -0.05) is 31.0 Å². The normalized spacial score (nSPS) is 20.0. The minimum absolute atomic E-state index is 0.0838. The molecular weight excluding hydrogens is 404 g/mol. The molecule has 0 saturated carbocycles. The van der Waals surface area contributed by atoms with E-state index in [2.05, 4.69) is 14.8 Å². The maximum atomic E-state index is 12.9. The highest BCUT2D eigenvalue weighted by molar-refractivity contribution is 5.56. The predicted octanol–water partition coefficient (Wildman–Crippen LogP) is 3.80. The van der Waals surface area contributed by atoms with E-state index in [9.17, 15) is 13.6 Å². The number of aromatic amines is 1. The first-order valence-corrected chi connectivity index (χ1v) is 11.0. The summed E-state index contributed by atoms with van der Waals surface area (Å²) < 4.78 is 35.9. The minimum atomic E-state index is -2.85. The Morgan fingerprint density at radius 2 is 1.90 bits per heavy atom. The van der Waals surface area contributed by atoms with Crippen molar-refractivity contribution in [3.05, 3.63) is 52.3 Å². The molecule has 0 radical (unpaired) electrons. The largest absolute Gasteiger partial charge is 0.435 e. The summed E-state index contributed by atoms with van der Waals surface area (Å²) in [5.41, 5.74) is 1.52. The smallest absolute Gasteiger partial charge is 0.387 e. The van der Waals surface area contributed by atoms with Crippen molar-refractivity contribution in [3.63, 3.8) is 0 Å². The Morgan fingerprint density at radius 3 is 2.71 bits per heavy atom. The van der Waals surface area contributed by atoms with Crippen LogP contribution in [0.4, 0.5) is 20.3 Å². The van der Waals surface area contributed by atoms with Crippen LogP contribution in [0.2, 0.25) is 0 Å². The number of aromatic nitrogens is 1. The number of hydrogen-bond donors (Lipinski definition) is 1. The lowest BCUT2D eigenvalue weighted by Crippen LogP contribution is -2.39. The van der Waals surface area contributed by atoms with Crippen molar-refractivity contribution in [1.82, 2.24) is 4.98 Å². The fraction of sp³-hybridized carbons (Fsp3) is 0.522. The molecule has 2 aliphatic rings. The summed E-state index contributed by atoms with van der Waals surface area (Å²) in [7, 11) is 0. The van der Waals surface area contributed by atoms with E-state index in [4.69, 9.17) is 9.47 Å². The van der Waals surface area contributed by atoms with Crippen LogP contribution >= 0.6 is 0 Å². The Hall–Kier alpha value is -2.61. The van der Waals surface area contributed by atoms with Gasteiger partial charge in [-0.2, -0.15) is 8.78 Å². The highest BCUT2D eigenvalue weighted by atomic mass is 19.3. The number of para-hydroxylation sites is 1. The highest BCUT2D eigenvalue weighted by Crippen LogP contribution is 2.30. The lowest BCUT2D eigenvalue weighted by atomic mass is 10.00. The molecule has 2 saturated heterocycles. The molecule has 0 spiro atoms. The summed E-state index contributed by atoms with van der Waals surface area (Å²) >= 11 is 0. The fourth-order valence-electron chi connectivity index (χ4n) is 4.52. The number of morpholine rings is 1. The minimum Gasteiger partial charge on any atom is -0.435 e. The molecule has 1 aromatic heterocycles. The molecule has 2 fully saturated rings. The summed E-state index contributed by atoms with van der Waals surface area (Å²) in [6.07, 6.45) is 4.69. The van der Waals surface area contributed by atoms with Gasteiger partial charge in [-0.05, 0) is 30.9 Å². The second kappa shape index (κ2) is 10.1. The zero-order valence-electron chi connectivity index (χ0n) is 17.6. The number of hydrogen-bond acceptors (Lipinski definition) is 5. The van der Waals surface area contributed by atoms with Crippen molar-refractivity contribution in [2.24, 2.45) is 0 Å². The maximum Gasteiger partial charge on any atom is 0.387 e. The van der Waals surface area contributed by atoms with E-state index in [1.807, 2.05) is 18.2 Å². The van der Waals surface area contributed by atoms with Crippen LogP contribution in [0.25, 0.3) is 0 Å². The monoisotopic (exact) mass is 433 g/mol. The van der Waals surface area contributed by atoms with Gasteiger partial charge in [0.2, 0.25) is 0 Å². The van der Waals surface area contributed by atoms with E-state index >= 15 is 0 Å². The SMILES string of the molecule is O=c1cc(N2CCOCC2)cc(N2CCCCC[C@H]2Cc2ccccc2OC(F)F)[nH]1. The number of pyridine rings is 1. The molecule has 2 aromatic rings. The molecular formula is C23H29F2N3O3. The third kappa shape index (κ3) is 5.55. The first-order valence-electron chi connectivity index (χ1n) is 11.0. The van der Waals surface area contributed by atoms with Crippen LogP contribution in [-0.4, -0.2) is 50.5 Å². The molecule has 3 heterocycles. The molecule has 168 valence electrons. The van der Waals surface area contributed by atoms with E-state index in [1.165, 1.54) is 0 Å². The second-order valence-electron chi connectivity index (χ2n) is 8.07. The third-order valence-corrected chi connectivity index (χ3v) is 6.02. The van der Waals surface area contributed by atoms with E-state index in [0.29, 0.717) is 19.6 Å². The summed E-state index contributed by atoms with van der Waals surface area (Å²) in [4.78, 5) is 19.9. The molecule has 31 heavy (non-hydrogen) atoms. The van der Waals surface area contributed by atoms with Crippen molar-refractivity contribution in [2.75, 3.05) is 42.6 Å². The molecule has 1 aromatic carbocycles. The molecule has 0 unspecified atom stereocenters. The standard InChI is InChI=1S/C23H29F2N3O3/c24-23(25)31-20-8-4-3-6-17(20)14-18-7-2-1-5-9-28(18)21-15-19(16-22(29)26-21)27-10-12-30-13-11-27/h3-4,6,8,15-16,18,23H,1-2,5,7,9-14H2,(H,26,29)/t18-/m0/s1. The van der Waals surface area contributed by atoms with Crippen molar-refractivity contribution in [1.29, 1.82) is 0 Å². The number of halogens is 2. The lowest BCUT2D eigenvalue weighted by Gasteiger charge is -2.34. The van der Waals surface area contributed by atoms with E-state index < -0.39 is 6.61 Å². The highest BCUT2D eigenvalue weighted by Gasteiger charge is 2.25. The summed E-state index contributed by atoms with van der Waals surface area (Å²) in [5, 5.41) is 0. The van der Waals surface area contributed by atoms with Crippen LogP contribution in [0.15, 0.2) is 41.2 Å². The van der Waals surface area contributed by atoms with Crippen LogP contribution in [0.5, 0.6) is 5.75 Å². The van der Waals surface area contributed by atoms with Gasteiger partial charge in [0, 0.05) is 43.5 Å². The van der Waals surface area contributed by atoms with E-state index in [0.717, 1.165) is 62.4 Å². The zero-order chi connectivity index (χ0) is 21.6. The van der Waals surface area contributed by atoms with Gasteiger partial charge in [0.05, 0.1) is 13.2 Å². The van der Waals surface area contributed by atoms with Gasteiger partial charge in [-0.15, -0.1) is 0 Å². The number of rotatable bonds is 6. The molecule has 1 atom stereocenters. The Labute approximate surface area is 180 Å². The molecule has 0 bridgehead atoms. The van der Waals surface area contributed by atoms with Gasteiger partial charge in [-0.25, -0.2) is 0 Å². The number of benzene rings is 1. The van der Waals surface area contributed by atoms with E-state index in [1.54, 1.807) is 18.2 Å². The number of anilines is 2. The van der Waals surface area contributed by atoms with Crippen molar-refractivity contribution in [3.8, 4) is 5.75 Å². The average Bonchev–Trinajstić information content (AvgIpc) is 3.00. The average molecular weight is 433 g/mol. The van der Waals surface area contributed by atoms with Crippen molar-refractivity contribution >= 4 is 11.5 Å². The van der Waals surface area contributed by atoms with Crippen molar-refractivity contribution < 1.29 is 18.3 Å². The van der Waals surface area contributed by atoms with Crippen LogP contribution in [-0.2, 0) is 11.2 Å². The molecule has 1 N–H and O–H groups in total. The van der Waals surface area contributed by atoms with Gasteiger partial charge in [-0.3, -0.25) is 4.79 Å². The van der Waals surface area contributed by atoms with Gasteiger partial charge in [0.1, 0.15) is 11.6 Å². The summed E-state index contributed by atoms with van der Waals surface area (Å²) in [5.74, 6) is 1.01.